The number of benzene rings is 1. The van der Waals surface area contributed by atoms with E-state index in [4.69, 9.17) is 0 Å². The summed E-state index contributed by atoms with van der Waals surface area (Å²) < 4.78 is 1.98. The van der Waals surface area contributed by atoms with Gasteiger partial charge in [0.2, 0.25) is 0 Å². The zero-order valence-corrected chi connectivity index (χ0v) is 13.7. The van der Waals surface area contributed by atoms with Gasteiger partial charge in [-0.2, -0.15) is 0 Å². The monoisotopic (exact) mass is 321 g/mol. The molecule has 0 aliphatic heterocycles. The molecule has 122 valence electrons. The lowest BCUT2D eigenvalue weighted by Crippen LogP contribution is -2.13. The maximum atomic E-state index is 12.3. The average Bonchev–Trinajstić information content (AvgIpc) is 3.09. The molecule has 0 unspecified atom stereocenters. The molecule has 0 saturated heterocycles. The molecule has 3 aromatic rings. The van der Waals surface area contributed by atoms with Gasteiger partial charge in [-0.25, -0.2) is 9.97 Å². The smallest absolute Gasteiger partial charge is 0.255 e. The number of hydrogen-bond acceptors (Lipinski definition) is 4. The molecule has 0 bridgehead atoms. The number of aromatic nitrogens is 3. The third-order valence-corrected chi connectivity index (χ3v) is 3.60. The van der Waals surface area contributed by atoms with Gasteiger partial charge >= 0.3 is 0 Å². The van der Waals surface area contributed by atoms with Crippen LogP contribution in [0.3, 0.4) is 0 Å². The van der Waals surface area contributed by atoms with Crippen molar-refractivity contribution < 1.29 is 4.79 Å². The molecule has 6 heteroatoms. The van der Waals surface area contributed by atoms with Gasteiger partial charge < -0.3 is 14.8 Å². The summed E-state index contributed by atoms with van der Waals surface area (Å²) in [5.41, 5.74) is 2.40. The number of anilines is 2. The van der Waals surface area contributed by atoms with Crippen LogP contribution in [0.5, 0.6) is 0 Å². The average molecular weight is 321 g/mol. The first-order chi connectivity index (χ1) is 11.6. The Bertz CT molecular complexity index is 792. The van der Waals surface area contributed by atoms with Crippen LogP contribution in [0.15, 0.2) is 61.3 Å². The van der Waals surface area contributed by atoms with Crippen LogP contribution in [-0.4, -0.2) is 34.5 Å². The Morgan fingerprint density at radius 2 is 1.96 bits per heavy atom. The molecule has 0 atom stereocenters. The van der Waals surface area contributed by atoms with Crippen LogP contribution < -0.4 is 10.2 Å². The van der Waals surface area contributed by atoms with E-state index in [1.165, 1.54) is 0 Å². The molecular weight excluding hydrogens is 302 g/mol. The third kappa shape index (κ3) is 3.78. The van der Waals surface area contributed by atoms with Gasteiger partial charge in [-0.1, -0.05) is 12.1 Å². The first kappa shape index (κ1) is 15.7. The fraction of sp³-hybridized carbons (Fsp3) is 0.167. The lowest BCUT2D eigenvalue weighted by Gasteiger charge is -2.11. The summed E-state index contributed by atoms with van der Waals surface area (Å²) in [4.78, 5) is 22.5. The maximum Gasteiger partial charge on any atom is 0.255 e. The Morgan fingerprint density at radius 1 is 1.17 bits per heavy atom. The fourth-order valence-corrected chi connectivity index (χ4v) is 2.28. The summed E-state index contributed by atoms with van der Waals surface area (Å²) in [5, 5.41) is 2.85. The number of amides is 1. The highest BCUT2D eigenvalue weighted by molar-refractivity contribution is 6.04. The van der Waals surface area contributed by atoms with E-state index in [1.807, 2.05) is 66.2 Å². The van der Waals surface area contributed by atoms with Crippen LogP contribution in [0.2, 0.25) is 0 Å². The van der Waals surface area contributed by atoms with Crippen molar-refractivity contribution in [3.05, 3.63) is 72.4 Å². The number of nitrogens with one attached hydrogen (secondary N) is 1. The van der Waals surface area contributed by atoms with Crippen molar-refractivity contribution >= 4 is 17.4 Å². The van der Waals surface area contributed by atoms with Gasteiger partial charge in [0.1, 0.15) is 5.82 Å². The molecule has 1 amide bonds. The molecular formula is C18H19N5O. The summed E-state index contributed by atoms with van der Waals surface area (Å²) in [6, 6.07) is 11.2. The van der Waals surface area contributed by atoms with E-state index in [0.29, 0.717) is 11.3 Å². The number of hydrogen-bond donors (Lipinski definition) is 1. The van der Waals surface area contributed by atoms with Gasteiger partial charge in [0.25, 0.3) is 5.91 Å². The summed E-state index contributed by atoms with van der Waals surface area (Å²) in [7, 11) is 3.85. The topological polar surface area (TPSA) is 63.1 Å². The minimum atomic E-state index is -0.149. The third-order valence-electron chi connectivity index (χ3n) is 3.60. The van der Waals surface area contributed by atoms with Crippen molar-refractivity contribution in [3.63, 3.8) is 0 Å². The highest BCUT2D eigenvalue weighted by Crippen LogP contribution is 2.13. The van der Waals surface area contributed by atoms with E-state index in [0.717, 1.165) is 17.9 Å². The SMILES string of the molecule is CN(C)c1ccc(NC(=O)c2ccc(Cn3ccnc3)cc2)cn1. The number of nitrogens with zero attached hydrogens (tertiary/aromatic N) is 4. The Hall–Kier alpha value is -3.15. The quantitative estimate of drug-likeness (QED) is 0.785. The van der Waals surface area contributed by atoms with Crippen LogP contribution in [-0.2, 0) is 6.54 Å². The van der Waals surface area contributed by atoms with E-state index < -0.39 is 0 Å². The largest absolute Gasteiger partial charge is 0.363 e. The zero-order chi connectivity index (χ0) is 16.9. The van der Waals surface area contributed by atoms with Gasteiger partial charge in [0.05, 0.1) is 18.2 Å². The molecule has 0 spiro atoms. The van der Waals surface area contributed by atoms with E-state index in [-0.39, 0.29) is 5.91 Å². The lowest BCUT2D eigenvalue weighted by molar-refractivity contribution is 0.102. The fourth-order valence-electron chi connectivity index (χ4n) is 2.28. The molecule has 2 aromatic heterocycles. The van der Waals surface area contributed by atoms with E-state index in [1.54, 1.807) is 18.7 Å². The molecule has 0 saturated carbocycles. The number of rotatable bonds is 5. The summed E-state index contributed by atoms with van der Waals surface area (Å²) in [5.74, 6) is 0.695. The van der Waals surface area contributed by atoms with Gasteiger partial charge in [-0.3, -0.25) is 4.79 Å². The Morgan fingerprint density at radius 3 is 2.54 bits per heavy atom. The highest BCUT2D eigenvalue weighted by atomic mass is 16.1. The Balaban J connectivity index is 1.64. The molecule has 0 aliphatic rings. The van der Waals surface area contributed by atoms with Crippen molar-refractivity contribution in [3.8, 4) is 0 Å². The van der Waals surface area contributed by atoms with Gasteiger partial charge in [0.15, 0.2) is 0 Å². The molecule has 2 heterocycles. The second-order valence-corrected chi connectivity index (χ2v) is 5.69. The first-order valence-electron chi connectivity index (χ1n) is 7.61. The standard InChI is InChI=1S/C18H19N5O/c1-22(2)17-8-7-16(11-20-17)21-18(24)15-5-3-14(4-6-15)12-23-10-9-19-13-23/h3-11,13H,12H2,1-2H3,(H,21,24). The molecule has 1 N–H and O–H groups in total. The van der Waals surface area contributed by atoms with E-state index in [9.17, 15) is 4.79 Å². The number of pyridine rings is 1. The van der Waals surface area contributed by atoms with Crippen molar-refractivity contribution in [1.82, 2.24) is 14.5 Å². The number of carbonyl (C=O) groups is 1. The maximum absolute atomic E-state index is 12.3. The molecule has 0 radical (unpaired) electrons. The van der Waals surface area contributed by atoms with Crippen LogP contribution in [0.4, 0.5) is 11.5 Å². The van der Waals surface area contributed by atoms with Crippen LogP contribution in [0.1, 0.15) is 15.9 Å². The van der Waals surface area contributed by atoms with Gasteiger partial charge in [0, 0.05) is 38.6 Å². The minimum Gasteiger partial charge on any atom is -0.363 e. The molecule has 0 fully saturated rings. The normalized spacial score (nSPS) is 10.4. The van der Waals surface area contributed by atoms with Crippen molar-refractivity contribution in [2.45, 2.75) is 6.54 Å². The van der Waals surface area contributed by atoms with Crippen LogP contribution in [0, 0.1) is 0 Å². The lowest BCUT2D eigenvalue weighted by atomic mass is 10.1. The van der Waals surface area contributed by atoms with E-state index >= 15 is 0 Å². The number of imidazole rings is 1. The second-order valence-electron chi connectivity index (χ2n) is 5.69. The van der Waals surface area contributed by atoms with E-state index in [2.05, 4.69) is 15.3 Å². The number of carbonyl (C=O) groups excluding carboxylic acids is 1. The van der Waals surface area contributed by atoms with Crippen LogP contribution >= 0.6 is 0 Å². The Labute approximate surface area is 140 Å². The van der Waals surface area contributed by atoms with Gasteiger partial charge in [-0.15, -0.1) is 0 Å². The molecule has 24 heavy (non-hydrogen) atoms. The summed E-state index contributed by atoms with van der Waals surface area (Å²) in [6.07, 6.45) is 7.08. The Kier molecular flexibility index (Phi) is 4.56. The van der Waals surface area contributed by atoms with Gasteiger partial charge in [-0.05, 0) is 29.8 Å². The van der Waals surface area contributed by atoms with Crippen molar-refractivity contribution in [1.29, 1.82) is 0 Å². The minimum absolute atomic E-state index is 0.149. The van der Waals surface area contributed by atoms with Crippen LogP contribution in [0.25, 0.3) is 0 Å². The zero-order valence-electron chi connectivity index (χ0n) is 13.7. The molecule has 1 aromatic carbocycles. The molecule has 3 rings (SSSR count). The molecule has 0 aliphatic carbocycles. The molecule has 6 nitrogen and oxygen atoms in total. The second kappa shape index (κ2) is 6.95. The van der Waals surface area contributed by atoms with Crippen molar-refractivity contribution in [2.24, 2.45) is 0 Å². The van der Waals surface area contributed by atoms with Crippen molar-refractivity contribution in [2.75, 3.05) is 24.3 Å². The predicted molar refractivity (Wildman–Crippen MR) is 94.3 cm³/mol. The highest BCUT2D eigenvalue weighted by Gasteiger charge is 2.07. The summed E-state index contributed by atoms with van der Waals surface area (Å²) in [6.45, 7) is 0.734. The predicted octanol–water partition coefficient (Wildman–Crippen LogP) is 2.64. The first-order valence-corrected chi connectivity index (χ1v) is 7.61. The summed E-state index contributed by atoms with van der Waals surface area (Å²) >= 11 is 0.